The van der Waals surface area contributed by atoms with Crippen molar-refractivity contribution < 1.29 is 4.74 Å². The van der Waals surface area contributed by atoms with Gasteiger partial charge in [-0.05, 0) is 37.9 Å². The van der Waals surface area contributed by atoms with Gasteiger partial charge in [0.15, 0.2) is 0 Å². The first-order valence-corrected chi connectivity index (χ1v) is 9.02. The third kappa shape index (κ3) is 3.85. The molecule has 0 saturated carbocycles. The van der Waals surface area contributed by atoms with Crippen LogP contribution in [-0.2, 0) is 0 Å². The van der Waals surface area contributed by atoms with Crippen LogP contribution in [-0.4, -0.2) is 47.5 Å². The Hall–Kier alpha value is -1.92. The highest BCUT2D eigenvalue weighted by Gasteiger charge is 2.37. The van der Waals surface area contributed by atoms with Crippen molar-refractivity contribution in [3.8, 4) is 5.75 Å². The van der Waals surface area contributed by atoms with E-state index >= 15 is 0 Å². The Morgan fingerprint density at radius 3 is 2.60 bits per heavy atom. The monoisotopic (exact) mass is 343 g/mol. The largest absolute Gasteiger partial charge is 0.489 e. The molecule has 1 saturated heterocycles. The van der Waals surface area contributed by atoms with E-state index in [0.29, 0.717) is 12.3 Å². The molecule has 0 aliphatic carbocycles. The van der Waals surface area contributed by atoms with Gasteiger partial charge < -0.3 is 21.1 Å². The molecule has 1 aromatic heterocycles. The summed E-state index contributed by atoms with van der Waals surface area (Å²) in [4.78, 5) is 11.2. The number of likely N-dealkylation sites (tertiary alicyclic amines) is 1. The third-order valence-corrected chi connectivity index (χ3v) is 5.35. The summed E-state index contributed by atoms with van der Waals surface area (Å²) in [6.45, 7) is 6.35. The highest BCUT2D eigenvalue weighted by Crippen LogP contribution is 2.36. The summed E-state index contributed by atoms with van der Waals surface area (Å²) in [6, 6.07) is 3.95. The number of ether oxygens (including phenoxy) is 1. The first kappa shape index (κ1) is 17.9. The van der Waals surface area contributed by atoms with E-state index in [1.165, 1.54) is 0 Å². The van der Waals surface area contributed by atoms with Crippen LogP contribution in [0.1, 0.15) is 38.8 Å². The van der Waals surface area contributed by atoms with Crippen molar-refractivity contribution in [1.82, 2.24) is 9.88 Å². The van der Waals surface area contributed by atoms with E-state index in [0.717, 1.165) is 42.9 Å². The molecule has 2 aliphatic heterocycles. The zero-order chi connectivity index (χ0) is 18.0. The van der Waals surface area contributed by atoms with Gasteiger partial charge in [-0.1, -0.05) is 13.8 Å². The molecule has 1 atom stereocenters. The lowest BCUT2D eigenvalue weighted by Gasteiger charge is -2.37. The van der Waals surface area contributed by atoms with Crippen molar-refractivity contribution in [2.45, 2.75) is 44.8 Å². The zero-order valence-corrected chi connectivity index (χ0v) is 15.4. The zero-order valence-electron chi connectivity index (χ0n) is 15.4. The second-order valence-electron chi connectivity index (χ2n) is 7.53. The Bertz CT molecular complexity index is 659. The van der Waals surface area contributed by atoms with Gasteiger partial charge in [0.25, 0.3) is 0 Å². The van der Waals surface area contributed by atoms with Crippen molar-refractivity contribution >= 4 is 11.4 Å². The molecular weight excluding hydrogens is 314 g/mol. The summed E-state index contributed by atoms with van der Waals surface area (Å²) in [5, 5.41) is 0. The van der Waals surface area contributed by atoms with Gasteiger partial charge in [-0.15, -0.1) is 0 Å². The van der Waals surface area contributed by atoms with Crippen molar-refractivity contribution in [3.05, 3.63) is 30.2 Å². The average molecular weight is 343 g/mol. The fourth-order valence-electron chi connectivity index (χ4n) is 3.43. The molecule has 1 aromatic rings. The Kier molecular flexibility index (Phi) is 5.11. The normalized spacial score (nSPS) is 25.6. The minimum atomic E-state index is -0.546. The van der Waals surface area contributed by atoms with Gasteiger partial charge in [0.2, 0.25) is 0 Å². The van der Waals surface area contributed by atoms with Crippen LogP contribution in [0.5, 0.6) is 5.75 Å². The number of amidine groups is 1. The SMILES string of the molecule is CC(C)C1(N)CC(N)=NC=C1c1ccc(OC2CCN(C)CC2)cn1. The lowest BCUT2D eigenvalue weighted by atomic mass is 9.75. The molecule has 0 radical (unpaired) electrons. The van der Waals surface area contributed by atoms with Crippen LogP contribution in [0.3, 0.4) is 0 Å². The Morgan fingerprint density at radius 2 is 2.00 bits per heavy atom. The van der Waals surface area contributed by atoms with Crippen LogP contribution in [0.4, 0.5) is 0 Å². The summed E-state index contributed by atoms with van der Waals surface area (Å²) in [7, 11) is 2.15. The van der Waals surface area contributed by atoms with E-state index in [2.05, 4.69) is 35.8 Å². The maximum atomic E-state index is 6.66. The van der Waals surface area contributed by atoms with Crippen LogP contribution in [0.2, 0.25) is 0 Å². The molecule has 136 valence electrons. The summed E-state index contributed by atoms with van der Waals surface area (Å²) in [5.74, 6) is 1.61. The first-order valence-electron chi connectivity index (χ1n) is 9.02. The van der Waals surface area contributed by atoms with Crippen molar-refractivity contribution in [2.24, 2.45) is 22.4 Å². The molecule has 2 aliphatic rings. The van der Waals surface area contributed by atoms with E-state index in [1.54, 1.807) is 12.4 Å². The van der Waals surface area contributed by atoms with Gasteiger partial charge >= 0.3 is 0 Å². The molecule has 3 heterocycles. The summed E-state index contributed by atoms with van der Waals surface area (Å²) >= 11 is 0. The quantitative estimate of drug-likeness (QED) is 0.873. The predicted octanol–water partition coefficient (Wildman–Crippen LogP) is 2.01. The standard InChI is InChI=1S/C19H29N5O/c1-13(2)19(21)10-18(20)23-12-16(19)17-5-4-15(11-22-17)25-14-6-8-24(3)9-7-14/h4-5,11-14H,6-10,21H2,1-3H3,(H2,20,23). The Morgan fingerprint density at radius 1 is 1.28 bits per heavy atom. The highest BCUT2D eigenvalue weighted by molar-refractivity contribution is 5.90. The van der Waals surface area contributed by atoms with Gasteiger partial charge in [-0.3, -0.25) is 4.98 Å². The van der Waals surface area contributed by atoms with Crippen molar-refractivity contribution in [1.29, 1.82) is 0 Å². The number of nitrogens with two attached hydrogens (primary N) is 2. The second-order valence-corrected chi connectivity index (χ2v) is 7.53. The number of aliphatic imine (C=N–C) groups is 1. The van der Waals surface area contributed by atoms with Crippen LogP contribution in [0.25, 0.3) is 5.57 Å². The second kappa shape index (κ2) is 7.14. The summed E-state index contributed by atoms with van der Waals surface area (Å²) < 4.78 is 6.08. The molecule has 0 spiro atoms. The fourth-order valence-corrected chi connectivity index (χ4v) is 3.43. The van der Waals surface area contributed by atoms with Crippen LogP contribution >= 0.6 is 0 Å². The van der Waals surface area contributed by atoms with Gasteiger partial charge in [-0.2, -0.15) is 0 Å². The maximum Gasteiger partial charge on any atom is 0.138 e. The van der Waals surface area contributed by atoms with Gasteiger partial charge in [0.05, 0.1) is 17.4 Å². The first-order chi connectivity index (χ1) is 11.9. The van der Waals surface area contributed by atoms with E-state index < -0.39 is 5.54 Å². The number of hydrogen-bond donors (Lipinski definition) is 2. The fraction of sp³-hybridized carbons (Fsp3) is 0.579. The molecule has 0 bridgehead atoms. The minimum Gasteiger partial charge on any atom is -0.489 e. The van der Waals surface area contributed by atoms with Crippen LogP contribution in [0.15, 0.2) is 29.5 Å². The summed E-state index contributed by atoms with van der Waals surface area (Å²) in [6.07, 6.45) is 6.47. The maximum absolute atomic E-state index is 6.66. The van der Waals surface area contributed by atoms with E-state index in [4.69, 9.17) is 16.2 Å². The molecule has 6 heteroatoms. The van der Waals surface area contributed by atoms with Crippen molar-refractivity contribution in [3.63, 3.8) is 0 Å². The van der Waals surface area contributed by atoms with Crippen molar-refractivity contribution in [2.75, 3.05) is 20.1 Å². The number of piperidine rings is 1. The molecular formula is C19H29N5O. The predicted molar refractivity (Wildman–Crippen MR) is 101 cm³/mol. The number of nitrogens with zero attached hydrogens (tertiary/aromatic N) is 3. The molecule has 1 fully saturated rings. The van der Waals surface area contributed by atoms with Gasteiger partial charge in [0, 0.05) is 31.3 Å². The Balaban J connectivity index is 1.75. The van der Waals surface area contributed by atoms with Crippen LogP contribution in [0, 0.1) is 5.92 Å². The molecule has 4 N–H and O–H groups in total. The molecule has 0 amide bonds. The third-order valence-electron chi connectivity index (χ3n) is 5.35. The summed E-state index contributed by atoms with van der Waals surface area (Å²) in [5.41, 5.74) is 13.8. The van der Waals surface area contributed by atoms with Gasteiger partial charge in [0.1, 0.15) is 17.7 Å². The molecule has 3 rings (SSSR count). The lowest BCUT2D eigenvalue weighted by Crippen LogP contribution is -2.50. The smallest absolute Gasteiger partial charge is 0.138 e. The van der Waals surface area contributed by atoms with Crippen LogP contribution < -0.4 is 16.2 Å². The number of rotatable bonds is 4. The minimum absolute atomic E-state index is 0.227. The van der Waals surface area contributed by atoms with E-state index in [-0.39, 0.29) is 12.0 Å². The molecule has 1 unspecified atom stereocenters. The Labute approximate surface area is 150 Å². The van der Waals surface area contributed by atoms with E-state index in [9.17, 15) is 0 Å². The number of pyridine rings is 1. The molecule has 25 heavy (non-hydrogen) atoms. The molecule has 0 aromatic carbocycles. The average Bonchev–Trinajstić information content (AvgIpc) is 2.58. The topological polar surface area (TPSA) is 89.8 Å². The van der Waals surface area contributed by atoms with E-state index in [1.807, 2.05) is 12.1 Å². The van der Waals surface area contributed by atoms with Gasteiger partial charge in [-0.25, -0.2) is 4.99 Å². The lowest BCUT2D eigenvalue weighted by molar-refractivity contribution is 0.114. The highest BCUT2D eigenvalue weighted by atomic mass is 16.5. The number of aromatic nitrogens is 1. The molecule has 6 nitrogen and oxygen atoms in total. The number of hydrogen-bond acceptors (Lipinski definition) is 6.